The Bertz CT molecular complexity index is 575. The fourth-order valence-corrected chi connectivity index (χ4v) is 3.11. The number of nitrogens with one attached hydrogen (secondary N) is 1. The lowest BCUT2D eigenvalue weighted by atomic mass is 10.0. The van der Waals surface area contributed by atoms with Crippen LogP contribution in [0.15, 0.2) is 22.7 Å². The van der Waals surface area contributed by atoms with Crippen molar-refractivity contribution in [3.05, 3.63) is 44.6 Å². The normalized spacial score (nSPS) is 12.6. The molecule has 3 N–H and O–H groups in total. The number of halogens is 2. The minimum Gasteiger partial charge on any atom is -0.271 e. The molecule has 108 valence electrons. The molecule has 0 aliphatic rings. The third kappa shape index (κ3) is 3.60. The molecule has 7 heteroatoms. The van der Waals surface area contributed by atoms with Crippen molar-refractivity contribution >= 4 is 27.5 Å². The van der Waals surface area contributed by atoms with E-state index in [1.807, 2.05) is 6.07 Å². The lowest BCUT2D eigenvalue weighted by Crippen LogP contribution is -2.30. The predicted octanol–water partition coefficient (Wildman–Crippen LogP) is 3.14. The fraction of sp³-hybridized carbons (Fsp3) is 0.385. The molecule has 1 heterocycles. The average molecular weight is 359 g/mol. The summed E-state index contributed by atoms with van der Waals surface area (Å²) in [7, 11) is 0. The number of nitrogens with two attached hydrogens (primary N) is 1. The van der Waals surface area contributed by atoms with Crippen molar-refractivity contribution < 1.29 is 4.39 Å². The van der Waals surface area contributed by atoms with Crippen molar-refractivity contribution in [1.29, 1.82) is 0 Å². The van der Waals surface area contributed by atoms with Crippen molar-refractivity contribution in [2.75, 3.05) is 0 Å². The number of hydrazine groups is 1. The molecule has 0 amide bonds. The van der Waals surface area contributed by atoms with Crippen molar-refractivity contribution in [3.63, 3.8) is 0 Å². The molecule has 0 radical (unpaired) electrons. The van der Waals surface area contributed by atoms with Gasteiger partial charge in [0.2, 0.25) is 0 Å². The molecular weight excluding hydrogens is 343 g/mol. The average Bonchev–Trinajstić information content (AvgIpc) is 2.87. The molecule has 0 aliphatic heterocycles. The van der Waals surface area contributed by atoms with Crippen molar-refractivity contribution in [1.82, 2.24) is 15.0 Å². The van der Waals surface area contributed by atoms with Gasteiger partial charge in [-0.25, -0.2) is 4.39 Å². The van der Waals surface area contributed by atoms with Gasteiger partial charge >= 0.3 is 0 Å². The SMILES string of the molecule is CCCc1nnsc1C(Cc1ccc(Br)cc1F)NN. The molecule has 0 spiro atoms. The predicted molar refractivity (Wildman–Crippen MR) is 81.8 cm³/mol. The Morgan fingerprint density at radius 3 is 2.95 bits per heavy atom. The molecule has 2 aromatic rings. The first-order valence-corrected chi connectivity index (χ1v) is 7.93. The molecule has 20 heavy (non-hydrogen) atoms. The van der Waals surface area contributed by atoms with Gasteiger partial charge in [0.1, 0.15) is 5.82 Å². The highest BCUT2D eigenvalue weighted by molar-refractivity contribution is 9.10. The summed E-state index contributed by atoms with van der Waals surface area (Å²) < 4.78 is 18.6. The zero-order valence-corrected chi connectivity index (χ0v) is 13.5. The summed E-state index contributed by atoms with van der Waals surface area (Å²) in [5, 5.41) is 4.12. The van der Waals surface area contributed by atoms with Gasteiger partial charge in [0.25, 0.3) is 0 Å². The lowest BCUT2D eigenvalue weighted by Gasteiger charge is -2.15. The molecule has 1 aromatic heterocycles. The van der Waals surface area contributed by atoms with E-state index >= 15 is 0 Å². The first-order chi connectivity index (χ1) is 9.65. The highest BCUT2D eigenvalue weighted by atomic mass is 79.9. The minimum atomic E-state index is -0.242. The van der Waals surface area contributed by atoms with Gasteiger partial charge in [-0.3, -0.25) is 11.3 Å². The smallest absolute Gasteiger partial charge is 0.127 e. The van der Waals surface area contributed by atoms with E-state index in [2.05, 4.69) is 37.9 Å². The van der Waals surface area contributed by atoms with Crippen LogP contribution >= 0.6 is 27.5 Å². The maximum Gasteiger partial charge on any atom is 0.127 e. The van der Waals surface area contributed by atoms with Crippen LogP contribution in [0.1, 0.15) is 35.5 Å². The highest BCUT2D eigenvalue weighted by Gasteiger charge is 2.19. The number of aryl methyl sites for hydroxylation is 1. The van der Waals surface area contributed by atoms with E-state index in [0.717, 1.165) is 27.9 Å². The summed E-state index contributed by atoms with van der Waals surface area (Å²) in [6.07, 6.45) is 2.31. The second-order valence-corrected chi connectivity index (χ2v) is 6.19. The van der Waals surface area contributed by atoms with E-state index in [-0.39, 0.29) is 11.9 Å². The summed E-state index contributed by atoms with van der Waals surface area (Å²) in [5.74, 6) is 5.38. The van der Waals surface area contributed by atoms with Crippen LogP contribution in [0.4, 0.5) is 4.39 Å². The van der Waals surface area contributed by atoms with Crippen LogP contribution in [-0.2, 0) is 12.8 Å². The molecule has 4 nitrogen and oxygen atoms in total. The summed E-state index contributed by atoms with van der Waals surface area (Å²) in [5.41, 5.74) is 4.31. The Labute approximate surface area is 129 Å². The van der Waals surface area contributed by atoms with Gasteiger partial charge in [-0.15, -0.1) is 5.10 Å². The summed E-state index contributed by atoms with van der Waals surface area (Å²) in [6.45, 7) is 2.09. The number of aromatic nitrogens is 2. The van der Waals surface area contributed by atoms with E-state index in [4.69, 9.17) is 5.84 Å². The zero-order valence-electron chi connectivity index (χ0n) is 11.1. The number of benzene rings is 1. The van der Waals surface area contributed by atoms with E-state index in [0.29, 0.717) is 12.0 Å². The van der Waals surface area contributed by atoms with Crippen LogP contribution in [0.25, 0.3) is 0 Å². The highest BCUT2D eigenvalue weighted by Crippen LogP contribution is 2.26. The van der Waals surface area contributed by atoms with Crippen LogP contribution < -0.4 is 11.3 Å². The van der Waals surface area contributed by atoms with E-state index in [1.54, 1.807) is 6.07 Å². The maximum atomic E-state index is 13.9. The zero-order chi connectivity index (χ0) is 14.5. The van der Waals surface area contributed by atoms with Gasteiger partial charge in [-0.2, -0.15) is 0 Å². The molecule has 1 aromatic carbocycles. The summed E-state index contributed by atoms with van der Waals surface area (Å²) >= 11 is 4.57. The Morgan fingerprint density at radius 1 is 1.50 bits per heavy atom. The number of hydrogen-bond donors (Lipinski definition) is 2. The van der Waals surface area contributed by atoms with Crippen molar-refractivity contribution in [2.24, 2.45) is 5.84 Å². The third-order valence-electron chi connectivity index (χ3n) is 3.03. The van der Waals surface area contributed by atoms with E-state index in [1.165, 1.54) is 17.6 Å². The van der Waals surface area contributed by atoms with Crippen LogP contribution in [0.2, 0.25) is 0 Å². The second-order valence-electron chi connectivity index (χ2n) is 4.49. The van der Waals surface area contributed by atoms with Crippen LogP contribution in [-0.4, -0.2) is 9.59 Å². The molecule has 1 unspecified atom stereocenters. The maximum absolute atomic E-state index is 13.9. The number of rotatable bonds is 6. The van der Waals surface area contributed by atoms with Crippen LogP contribution in [0.5, 0.6) is 0 Å². The molecule has 0 saturated heterocycles. The molecular formula is C13H16BrFN4S. The first kappa shape index (κ1) is 15.5. The van der Waals surface area contributed by atoms with Gasteiger partial charge in [0.15, 0.2) is 0 Å². The van der Waals surface area contributed by atoms with Gasteiger partial charge in [0.05, 0.1) is 16.6 Å². The molecule has 0 aliphatic carbocycles. The first-order valence-electron chi connectivity index (χ1n) is 6.36. The van der Waals surface area contributed by atoms with Gasteiger partial charge in [-0.05, 0) is 42.1 Å². The topological polar surface area (TPSA) is 63.8 Å². The van der Waals surface area contributed by atoms with Gasteiger partial charge in [0, 0.05) is 4.47 Å². The number of nitrogens with zero attached hydrogens (tertiary/aromatic N) is 2. The summed E-state index contributed by atoms with van der Waals surface area (Å²) in [4.78, 5) is 0.983. The van der Waals surface area contributed by atoms with E-state index < -0.39 is 0 Å². The summed E-state index contributed by atoms with van der Waals surface area (Å²) in [6, 6.07) is 4.87. The van der Waals surface area contributed by atoms with Gasteiger partial charge < -0.3 is 0 Å². The van der Waals surface area contributed by atoms with Crippen LogP contribution in [0, 0.1) is 5.82 Å². The van der Waals surface area contributed by atoms with Crippen molar-refractivity contribution in [2.45, 2.75) is 32.2 Å². The molecule has 1 atom stereocenters. The standard InChI is InChI=1S/C13H16BrFN4S/c1-2-3-11-13(20-19-18-11)12(17-16)6-8-4-5-9(14)7-10(8)15/h4-5,7,12,17H,2-3,6,16H2,1H3. The molecule has 2 rings (SSSR count). The lowest BCUT2D eigenvalue weighted by molar-refractivity contribution is 0.530. The van der Waals surface area contributed by atoms with Crippen LogP contribution in [0.3, 0.4) is 0 Å². The van der Waals surface area contributed by atoms with E-state index in [9.17, 15) is 4.39 Å². The Morgan fingerprint density at radius 2 is 2.30 bits per heavy atom. The fourth-order valence-electron chi connectivity index (χ4n) is 2.02. The molecule has 0 saturated carbocycles. The van der Waals surface area contributed by atoms with Gasteiger partial charge in [-0.1, -0.05) is 39.8 Å². The van der Waals surface area contributed by atoms with Crippen molar-refractivity contribution in [3.8, 4) is 0 Å². The number of hydrogen-bond acceptors (Lipinski definition) is 5. The Kier molecular flexibility index (Phi) is 5.59. The molecule has 0 bridgehead atoms. The molecule has 0 fully saturated rings. The third-order valence-corrected chi connectivity index (χ3v) is 4.40. The minimum absolute atomic E-state index is 0.174. The Balaban J connectivity index is 2.22. The quantitative estimate of drug-likeness (QED) is 0.614. The second kappa shape index (κ2) is 7.21. The largest absolute Gasteiger partial charge is 0.271 e. The monoisotopic (exact) mass is 358 g/mol. The Hall–Kier alpha value is -0.890.